The normalized spacial score (nSPS) is 18.4. The summed E-state index contributed by atoms with van der Waals surface area (Å²) >= 11 is 0. The molecule has 0 aliphatic carbocycles. The molecule has 4 rings (SSSR count). The second-order valence-electron chi connectivity index (χ2n) is 8.85. The van der Waals surface area contributed by atoms with Crippen LogP contribution in [0.4, 0.5) is 0 Å². The van der Waals surface area contributed by atoms with Gasteiger partial charge in [0.2, 0.25) is 0 Å². The van der Waals surface area contributed by atoms with Crippen molar-refractivity contribution < 1.29 is 19.8 Å². The Bertz CT molecular complexity index is 1130. The van der Waals surface area contributed by atoms with Gasteiger partial charge in [0.1, 0.15) is 0 Å². The summed E-state index contributed by atoms with van der Waals surface area (Å²) < 4.78 is 0. The van der Waals surface area contributed by atoms with Gasteiger partial charge in [0, 0.05) is 43.6 Å². The van der Waals surface area contributed by atoms with Gasteiger partial charge in [-0.1, -0.05) is 42.5 Å². The molecule has 176 valence electrons. The molecule has 1 aliphatic heterocycles. The van der Waals surface area contributed by atoms with Gasteiger partial charge in [0.05, 0.1) is 11.7 Å². The highest BCUT2D eigenvalue weighted by Crippen LogP contribution is 2.26. The minimum absolute atomic E-state index is 0.0380. The first-order chi connectivity index (χ1) is 16.4. The summed E-state index contributed by atoms with van der Waals surface area (Å²) in [6.07, 6.45) is 5.07. The molecular formula is C27H29N3O4. The number of carboxylic acids is 1. The Morgan fingerprint density at radius 1 is 1.03 bits per heavy atom. The predicted octanol–water partition coefficient (Wildman–Crippen LogP) is 3.45. The zero-order valence-electron chi connectivity index (χ0n) is 19.1. The Balaban J connectivity index is 1.32. The first-order valence-corrected chi connectivity index (χ1v) is 11.4. The highest BCUT2D eigenvalue weighted by atomic mass is 16.4. The summed E-state index contributed by atoms with van der Waals surface area (Å²) in [4.78, 5) is 29.4. The van der Waals surface area contributed by atoms with Crippen molar-refractivity contribution in [3.8, 4) is 0 Å². The lowest BCUT2D eigenvalue weighted by Crippen LogP contribution is -2.35. The van der Waals surface area contributed by atoms with Gasteiger partial charge in [-0.15, -0.1) is 0 Å². The van der Waals surface area contributed by atoms with Crippen molar-refractivity contribution in [2.45, 2.75) is 44.0 Å². The van der Waals surface area contributed by atoms with Gasteiger partial charge in [-0.2, -0.15) is 0 Å². The number of aromatic carboxylic acids is 1. The van der Waals surface area contributed by atoms with Crippen molar-refractivity contribution in [3.63, 3.8) is 0 Å². The molecule has 0 spiro atoms. The third-order valence-electron chi connectivity index (χ3n) is 6.29. The molecule has 1 amide bonds. The van der Waals surface area contributed by atoms with Crippen molar-refractivity contribution in [3.05, 3.63) is 101 Å². The van der Waals surface area contributed by atoms with Crippen LogP contribution in [-0.2, 0) is 13.0 Å². The Kier molecular flexibility index (Phi) is 7.35. The quantitative estimate of drug-likeness (QED) is 0.477. The smallest absolute Gasteiger partial charge is 0.337 e. The van der Waals surface area contributed by atoms with Crippen LogP contribution in [0.15, 0.2) is 73.1 Å². The molecule has 1 aromatic heterocycles. The van der Waals surface area contributed by atoms with E-state index in [1.165, 1.54) is 12.3 Å². The Hall–Kier alpha value is -3.55. The maximum atomic E-state index is 12.8. The summed E-state index contributed by atoms with van der Waals surface area (Å²) in [6.45, 7) is 0.270. The maximum Gasteiger partial charge on any atom is 0.337 e. The lowest BCUT2D eigenvalue weighted by atomic mass is 10.0. The molecule has 0 bridgehead atoms. The number of aliphatic hydroxyl groups is 1. The zero-order chi connectivity index (χ0) is 24.1. The fraction of sp³-hybridized carbons (Fsp3) is 0.296. The van der Waals surface area contributed by atoms with Crippen LogP contribution in [0.2, 0.25) is 0 Å². The molecule has 1 saturated heterocycles. The van der Waals surface area contributed by atoms with Crippen LogP contribution in [0.5, 0.6) is 0 Å². The highest BCUT2D eigenvalue weighted by molar-refractivity contribution is 5.94. The van der Waals surface area contributed by atoms with Gasteiger partial charge in [-0.25, -0.2) is 4.79 Å². The molecule has 7 heteroatoms. The lowest BCUT2D eigenvalue weighted by molar-refractivity contribution is 0.0696. The molecule has 3 N–H and O–H groups in total. The number of carbonyl (C=O) groups excluding carboxylic acids is 1. The fourth-order valence-electron chi connectivity index (χ4n) is 4.47. The number of rotatable bonds is 8. The van der Waals surface area contributed by atoms with Crippen LogP contribution in [0.25, 0.3) is 0 Å². The number of benzene rings is 2. The Morgan fingerprint density at radius 3 is 2.47 bits per heavy atom. The molecule has 1 aliphatic rings. The first kappa shape index (κ1) is 23.6. The SMILES string of the molecule is CN(Cc1cncc(C(=O)O)c1)C(=O)c1ccc(C[C@@H]2CC[C@H]([C@H](O)c3ccccc3)N2)cc1. The third kappa shape index (κ3) is 5.68. The van der Waals surface area contributed by atoms with E-state index < -0.39 is 12.1 Å². The molecule has 3 atom stereocenters. The van der Waals surface area contributed by atoms with Crippen LogP contribution < -0.4 is 5.32 Å². The van der Waals surface area contributed by atoms with E-state index in [9.17, 15) is 14.7 Å². The van der Waals surface area contributed by atoms with Gasteiger partial charge in [0.15, 0.2) is 0 Å². The van der Waals surface area contributed by atoms with E-state index in [4.69, 9.17) is 5.11 Å². The Morgan fingerprint density at radius 2 is 1.76 bits per heavy atom. The van der Waals surface area contributed by atoms with Gasteiger partial charge in [-0.05, 0) is 54.2 Å². The molecule has 34 heavy (non-hydrogen) atoms. The van der Waals surface area contributed by atoms with Crippen LogP contribution in [0, 0.1) is 0 Å². The predicted molar refractivity (Wildman–Crippen MR) is 128 cm³/mol. The van der Waals surface area contributed by atoms with E-state index in [1.807, 2.05) is 54.6 Å². The second kappa shape index (κ2) is 10.6. The fourth-order valence-corrected chi connectivity index (χ4v) is 4.47. The van der Waals surface area contributed by atoms with Crippen molar-refractivity contribution in [1.82, 2.24) is 15.2 Å². The van der Waals surface area contributed by atoms with E-state index in [0.29, 0.717) is 11.1 Å². The Labute approximate surface area is 199 Å². The standard InChI is InChI=1S/C27H29N3O4/c1-30(17-19-13-22(27(33)34)16-28-15-19)26(32)21-9-7-18(8-10-21)14-23-11-12-24(29-23)25(31)20-5-3-2-4-6-20/h2-10,13,15-16,23-25,29,31H,11-12,14,17H2,1H3,(H,33,34)/t23-,24+,25+/m0/s1. The number of pyridine rings is 1. The van der Waals surface area contributed by atoms with Crippen molar-refractivity contribution in [1.29, 1.82) is 0 Å². The number of amides is 1. The number of hydrogen-bond acceptors (Lipinski definition) is 5. The molecule has 7 nitrogen and oxygen atoms in total. The van der Waals surface area contributed by atoms with E-state index in [1.54, 1.807) is 18.1 Å². The number of aliphatic hydroxyl groups excluding tert-OH is 1. The molecule has 1 fully saturated rings. The minimum atomic E-state index is -1.04. The van der Waals surface area contributed by atoms with Crippen molar-refractivity contribution >= 4 is 11.9 Å². The third-order valence-corrected chi connectivity index (χ3v) is 6.29. The summed E-state index contributed by atoms with van der Waals surface area (Å²) in [5.41, 5.74) is 3.39. The zero-order valence-corrected chi connectivity index (χ0v) is 19.1. The largest absolute Gasteiger partial charge is 0.478 e. The molecular weight excluding hydrogens is 430 g/mol. The minimum Gasteiger partial charge on any atom is -0.478 e. The molecule has 0 saturated carbocycles. The molecule has 0 radical (unpaired) electrons. The number of nitrogens with zero attached hydrogens (tertiary/aromatic N) is 2. The number of aromatic nitrogens is 1. The van der Waals surface area contributed by atoms with E-state index in [-0.39, 0.29) is 30.1 Å². The molecule has 0 unspecified atom stereocenters. The number of carboxylic acid groups (broad SMARTS) is 1. The molecule has 2 heterocycles. The number of carbonyl (C=O) groups is 2. The monoisotopic (exact) mass is 459 g/mol. The maximum absolute atomic E-state index is 12.8. The highest BCUT2D eigenvalue weighted by Gasteiger charge is 2.29. The topological polar surface area (TPSA) is 103 Å². The van der Waals surface area contributed by atoms with E-state index >= 15 is 0 Å². The second-order valence-corrected chi connectivity index (χ2v) is 8.85. The van der Waals surface area contributed by atoms with Crippen molar-refractivity contribution in [2.75, 3.05) is 7.05 Å². The van der Waals surface area contributed by atoms with Gasteiger partial charge >= 0.3 is 5.97 Å². The lowest BCUT2D eigenvalue weighted by Gasteiger charge is -2.20. The van der Waals surface area contributed by atoms with Gasteiger partial charge in [-0.3, -0.25) is 9.78 Å². The van der Waals surface area contributed by atoms with Gasteiger partial charge < -0.3 is 20.4 Å². The van der Waals surface area contributed by atoms with Gasteiger partial charge in [0.25, 0.3) is 5.91 Å². The summed E-state index contributed by atoms with van der Waals surface area (Å²) in [7, 11) is 1.68. The van der Waals surface area contributed by atoms with Crippen LogP contribution in [0.1, 0.15) is 56.4 Å². The van der Waals surface area contributed by atoms with Crippen LogP contribution in [-0.4, -0.2) is 51.1 Å². The average Bonchev–Trinajstić information content (AvgIpc) is 3.32. The van der Waals surface area contributed by atoms with Crippen molar-refractivity contribution in [2.24, 2.45) is 0 Å². The summed E-state index contributed by atoms with van der Waals surface area (Å²) in [6, 6.07) is 19.2. The number of hydrogen-bond donors (Lipinski definition) is 3. The van der Waals surface area contributed by atoms with Crippen LogP contribution in [0.3, 0.4) is 0 Å². The first-order valence-electron chi connectivity index (χ1n) is 11.4. The summed E-state index contributed by atoms with van der Waals surface area (Å²) in [5, 5.41) is 23.3. The number of nitrogens with one attached hydrogen (secondary N) is 1. The van der Waals surface area contributed by atoms with Crippen LogP contribution >= 0.6 is 0 Å². The van der Waals surface area contributed by atoms with E-state index in [0.717, 1.165) is 30.4 Å². The molecule has 2 aromatic carbocycles. The van der Waals surface area contributed by atoms with E-state index in [2.05, 4.69) is 10.3 Å². The molecule has 3 aromatic rings. The average molecular weight is 460 g/mol. The summed E-state index contributed by atoms with van der Waals surface area (Å²) in [5.74, 6) is -1.19.